The second-order valence-electron chi connectivity index (χ2n) is 10.7. The number of sulfonamides is 1. The highest BCUT2D eigenvalue weighted by molar-refractivity contribution is 7.89. The lowest BCUT2D eigenvalue weighted by molar-refractivity contribution is -0.118. The summed E-state index contributed by atoms with van der Waals surface area (Å²) >= 11 is 0. The van der Waals surface area contributed by atoms with Crippen LogP contribution in [0.5, 0.6) is 0 Å². The highest BCUT2D eigenvalue weighted by Crippen LogP contribution is 2.42. The molecule has 0 spiro atoms. The van der Waals surface area contributed by atoms with Gasteiger partial charge in [-0.15, -0.1) is 0 Å². The van der Waals surface area contributed by atoms with E-state index in [-0.39, 0.29) is 22.8 Å². The van der Waals surface area contributed by atoms with Gasteiger partial charge in [-0.25, -0.2) is 8.42 Å². The lowest BCUT2D eigenvalue weighted by atomic mass is 9.79. The van der Waals surface area contributed by atoms with E-state index in [1.165, 1.54) is 23.8 Å². The molecule has 1 aliphatic heterocycles. The summed E-state index contributed by atoms with van der Waals surface area (Å²) in [6.45, 7) is 13.5. The maximum Gasteiger partial charge on any atom is 0.251 e. The molecule has 1 saturated heterocycles. The van der Waals surface area contributed by atoms with Crippen molar-refractivity contribution < 1.29 is 18.0 Å². The van der Waals surface area contributed by atoms with Crippen molar-refractivity contribution in [3.63, 3.8) is 0 Å². The van der Waals surface area contributed by atoms with Gasteiger partial charge in [0.25, 0.3) is 5.91 Å². The molecule has 0 bridgehead atoms. The van der Waals surface area contributed by atoms with Gasteiger partial charge in [0, 0.05) is 29.2 Å². The Morgan fingerprint density at radius 1 is 1.06 bits per heavy atom. The van der Waals surface area contributed by atoms with Gasteiger partial charge in [-0.3, -0.25) is 9.59 Å². The number of aryl methyl sites for hydroxylation is 1. The van der Waals surface area contributed by atoms with Crippen molar-refractivity contribution in [2.75, 3.05) is 6.54 Å². The van der Waals surface area contributed by atoms with E-state index in [0.717, 1.165) is 5.56 Å². The van der Waals surface area contributed by atoms with Crippen molar-refractivity contribution in [2.45, 2.75) is 75.9 Å². The average Bonchev–Trinajstić information content (AvgIpc) is 2.77. The molecule has 36 heavy (non-hydrogen) atoms. The van der Waals surface area contributed by atoms with E-state index >= 15 is 0 Å². The second kappa shape index (κ2) is 10.6. The molecule has 2 aromatic carbocycles. The van der Waals surface area contributed by atoms with Gasteiger partial charge in [0.2, 0.25) is 15.9 Å². The average molecular weight is 512 g/mol. The van der Waals surface area contributed by atoms with Crippen molar-refractivity contribution in [1.29, 1.82) is 0 Å². The number of benzene rings is 2. The smallest absolute Gasteiger partial charge is 0.251 e. The molecule has 0 aliphatic carbocycles. The van der Waals surface area contributed by atoms with Gasteiger partial charge < -0.3 is 10.6 Å². The Balaban J connectivity index is 1.72. The quantitative estimate of drug-likeness (QED) is 0.524. The maximum atomic E-state index is 13.8. The number of nitrogens with zero attached hydrogens (tertiary/aromatic N) is 1. The van der Waals surface area contributed by atoms with Crippen LogP contribution in [0.2, 0.25) is 0 Å². The summed E-state index contributed by atoms with van der Waals surface area (Å²) in [5.41, 5.74) is 1.24. The Kier molecular flexibility index (Phi) is 8.10. The van der Waals surface area contributed by atoms with Crippen LogP contribution in [0.3, 0.4) is 0 Å². The maximum absolute atomic E-state index is 13.8. The molecule has 0 unspecified atom stereocenters. The highest BCUT2D eigenvalue weighted by atomic mass is 32.2. The van der Waals surface area contributed by atoms with Crippen LogP contribution >= 0.6 is 0 Å². The molecular weight excluding hydrogens is 474 g/mol. The van der Waals surface area contributed by atoms with Crippen molar-refractivity contribution in [3.05, 3.63) is 77.9 Å². The molecule has 7 nitrogen and oxygen atoms in total. The van der Waals surface area contributed by atoms with Crippen LogP contribution in [0.1, 0.15) is 62.0 Å². The number of amides is 2. The summed E-state index contributed by atoms with van der Waals surface area (Å²) in [4.78, 5) is 24.6. The number of rotatable bonds is 8. The first kappa shape index (κ1) is 27.6. The molecule has 194 valence electrons. The monoisotopic (exact) mass is 511 g/mol. The van der Waals surface area contributed by atoms with Crippen LogP contribution in [0.4, 0.5) is 0 Å². The minimum absolute atomic E-state index is 0.133. The summed E-state index contributed by atoms with van der Waals surface area (Å²) in [7, 11) is -3.87. The molecule has 0 radical (unpaired) electrons. The number of carbonyl (C=O) groups is 2. The molecule has 0 atom stereocenters. The third kappa shape index (κ3) is 6.23. The van der Waals surface area contributed by atoms with E-state index in [1.807, 2.05) is 52.8 Å². The molecule has 2 aromatic rings. The van der Waals surface area contributed by atoms with E-state index in [4.69, 9.17) is 0 Å². The predicted molar refractivity (Wildman–Crippen MR) is 142 cm³/mol. The molecule has 2 amide bonds. The Hall–Kier alpha value is -2.97. The van der Waals surface area contributed by atoms with Gasteiger partial charge in [-0.1, -0.05) is 36.4 Å². The fourth-order valence-corrected chi connectivity index (χ4v) is 7.59. The molecule has 1 aliphatic rings. The SMILES string of the molecule is C=CC(=O)NC1CC(C)(C)N(S(=O)(=O)c2ccc(C(=O)NCCc3cccc(C)c3)cc2)C(C)(C)C1. The Bertz CT molecular complexity index is 1220. The summed E-state index contributed by atoms with van der Waals surface area (Å²) in [6, 6.07) is 14.0. The zero-order valence-electron chi connectivity index (χ0n) is 21.8. The van der Waals surface area contributed by atoms with Gasteiger partial charge in [-0.2, -0.15) is 4.31 Å². The van der Waals surface area contributed by atoms with E-state index < -0.39 is 21.1 Å². The Morgan fingerprint density at radius 2 is 1.67 bits per heavy atom. The molecule has 2 N–H and O–H groups in total. The van der Waals surface area contributed by atoms with E-state index in [9.17, 15) is 18.0 Å². The lowest BCUT2D eigenvalue weighted by Crippen LogP contribution is -2.65. The molecule has 3 rings (SSSR count). The topological polar surface area (TPSA) is 95.6 Å². The molecule has 1 fully saturated rings. The van der Waals surface area contributed by atoms with Gasteiger partial charge in [-0.05, 0) is 89.8 Å². The van der Waals surface area contributed by atoms with Gasteiger partial charge in [0.15, 0.2) is 0 Å². The first-order valence-corrected chi connectivity index (χ1v) is 13.6. The standard InChI is InChI=1S/C28H37N3O4S/c1-7-25(32)30-23-18-27(3,4)31(28(5,6)19-23)36(34,35)24-13-11-22(12-14-24)26(33)29-16-15-21-10-8-9-20(2)17-21/h7-14,17,23H,1,15-16,18-19H2,2-6H3,(H,29,33)(H,30,32). The first-order valence-electron chi connectivity index (χ1n) is 12.2. The third-order valence-electron chi connectivity index (χ3n) is 6.56. The van der Waals surface area contributed by atoms with Crippen molar-refractivity contribution in [3.8, 4) is 0 Å². The minimum Gasteiger partial charge on any atom is -0.352 e. The van der Waals surface area contributed by atoms with Crippen molar-refractivity contribution in [2.24, 2.45) is 0 Å². The number of carbonyl (C=O) groups excluding carboxylic acids is 2. The summed E-state index contributed by atoms with van der Waals surface area (Å²) in [5, 5.41) is 5.82. The van der Waals surface area contributed by atoms with E-state index in [1.54, 1.807) is 16.4 Å². The fraction of sp³-hybridized carbons (Fsp3) is 0.429. The molecule has 0 aromatic heterocycles. The van der Waals surface area contributed by atoms with Crippen LogP contribution in [0.25, 0.3) is 0 Å². The number of hydrogen-bond acceptors (Lipinski definition) is 4. The van der Waals surface area contributed by atoms with Crippen LogP contribution < -0.4 is 10.6 Å². The van der Waals surface area contributed by atoms with Gasteiger partial charge >= 0.3 is 0 Å². The number of hydrogen-bond donors (Lipinski definition) is 2. The lowest BCUT2D eigenvalue weighted by Gasteiger charge is -2.53. The largest absolute Gasteiger partial charge is 0.352 e. The van der Waals surface area contributed by atoms with Gasteiger partial charge in [0.1, 0.15) is 0 Å². The van der Waals surface area contributed by atoms with Crippen molar-refractivity contribution >= 4 is 21.8 Å². The molecule has 8 heteroatoms. The number of piperidine rings is 1. The summed E-state index contributed by atoms with van der Waals surface area (Å²) in [5.74, 6) is -0.512. The normalized spacial score (nSPS) is 17.8. The van der Waals surface area contributed by atoms with Crippen LogP contribution in [0, 0.1) is 6.92 Å². The zero-order valence-corrected chi connectivity index (χ0v) is 22.6. The summed E-state index contributed by atoms with van der Waals surface area (Å²) < 4.78 is 29.1. The molecule has 0 saturated carbocycles. The number of nitrogens with one attached hydrogen (secondary N) is 2. The second-order valence-corrected chi connectivity index (χ2v) is 12.5. The van der Waals surface area contributed by atoms with E-state index in [0.29, 0.717) is 31.4 Å². The first-order chi connectivity index (χ1) is 16.8. The van der Waals surface area contributed by atoms with E-state index in [2.05, 4.69) is 23.3 Å². The van der Waals surface area contributed by atoms with Gasteiger partial charge in [0.05, 0.1) is 4.90 Å². The zero-order chi connectivity index (χ0) is 26.7. The summed E-state index contributed by atoms with van der Waals surface area (Å²) in [6.07, 6.45) is 2.88. The molecule has 1 heterocycles. The fourth-order valence-electron chi connectivity index (χ4n) is 5.45. The van der Waals surface area contributed by atoms with Crippen molar-refractivity contribution in [1.82, 2.24) is 14.9 Å². The van der Waals surface area contributed by atoms with Crippen LogP contribution in [0.15, 0.2) is 66.1 Å². The Morgan fingerprint density at radius 3 is 2.22 bits per heavy atom. The van der Waals surface area contributed by atoms with Crippen LogP contribution in [-0.4, -0.2) is 48.2 Å². The third-order valence-corrected chi connectivity index (χ3v) is 8.90. The predicted octanol–water partition coefficient (Wildman–Crippen LogP) is 3.98. The Labute approximate surface area is 215 Å². The van der Waals surface area contributed by atoms with Crippen LogP contribution in [-0.2, 0) is 21.2 Å². The highest BCUT2D eigenvalue weighted by Gasteiger charge is 2.51. The minimum atomic E-state index is -3.87. The molecular formula is C28H37N3O4S.